The Balaban J connectivity index is 1.45. The number of amides is 1. The van der Waals surface area contributed by atoms with Crippen molar-refractivity contribution in [3.05, 3.63) is 30.1 Å². The molecule has 0 aromatic heterocycles. The molecule has 3 N–H and O–H groups in total. The van der Waals surface area contributed by atoms with Crippen LogP contribution in [-0.2, 0) is 19.6 Å². The van der Waals surface area contributed by atoms with E-state index < -0.39 is 21.9 Å². The number of benzene rings is 1. The third-order valence-electron chi connectivity index (χ3n) is 5.48. The van der Waals surface area contributed by atoms with Crippen LogP contribution < -0.4 is 10.0 Å². The second-order valence-corrected chi connectivity index (χ2v) is 9.21. The number of nitrogens with one attached hydrogen (secondary N) is 2. The number of hydrogen-bond donors (Lipinski definition) is 3. The normalized spacial score (nSPS) is 25.9. The molecule has 1 saturated carbocycles. The van der Waals surface area contributed by atoms with E-state index in [1.807, 2.05) is 0 Å². The quantitative estimate of drug-likeness (QED) is 0.595. The van der Waals surface area contributed by atoms with Crippen LogP contribution in [0.25, 0.3) is 0 Å². The summed E-state index contributed by atoms with van der Waals surface area (Å²) in [5.74, 6) is -0.384. The fourth-order valence-electron chi connectivity index (χ4n) is 3.53. The molecule has 0 radical (unpaired) electrons. The minimum atomic E-state index is -3.71. The van der Waals surface area contributed by atoms with Crippen LogP contribution in [0.4, 0.5) is 4.39 Å². The third kappa shape index (κ3) is 5.28. The predicted molar refractivity (Wildman–Crippen MR) is 100 cm³/mol. The summed E-state index contributed by atoms with van der Waals surface area (Å²) in [4.78, 5) is 12.1. The number of carbonyl (C=O) groups is 1. The summed E-state index contributed by atoms with van der Waals surface area (Å²) in [6.07, 6.45) is 4.02. The molecule has 0 bridgehead atoms. The van der Waals surface area contributed by atoms with Gasteiger partial charge in [0.2, 0.25) is 15.9 Å². The van der Waals surface area contributed by atoms with Gasteiger partial charge < -0.3 is 15.2 Å². The first-order valence-electron chi connectivity index (χ1n) is 9.71. The van der Waals surface area contributed by atoms with E-state index in [9.17, 15) is 22.7 Å². The summed E-state index contributed by atoms with van der Waals surface area (Å²) in [7, 11) is -3.71. The molecule has 0 unspecified atom stereocenters. The monoisotopic (exact) mass is 414 g/mol. The molecular weight excluding hydrogens is 387 g/mol. The molecule has 3 atom stereocenters. The lowest BCUT2D eigenvalue weighted by Crippen LogP contribution is -2.53. The molecule has 2 aliphatic rings. The molecule has 156 valence electrons. The second-order valence-electron chi connectivity index (χ2n) is 7.44. The highest BCUT2D eigenvalue weighted by molar-refractivity contribution is 7.89. The van der Waals surface area contributed by atoms with Gasteiger partial charge in [0, 0.05) is 12.5 Å². The Morgan fingerprint density at radius 3 is 2.50 bits per heavy atom. The Hall–Kier alpha value is -1.55. The minimum Gasteiger partial charge on any atom is -0.394 e. The van der Waals surface area contributed by atoms with Crippen LogP contribution in [-0.4, -0.2) is 50.8 Å². The molecule has 1 aliphatic heterocycles. The van der Waals surface area contributed by atoms with Gasteiger partial charge in [-0.3, -0.25) is 4.79 Å². The van der Waals surface area contributed by atoms with E-state index >= 15 is 0 Å². The van der Waals surface area contributed by atoms with Crippen LogP contribution in [0.1, 0.15) is 38.5 Å². The van der Waals surface area contributed by atoms with Gasteiger partial charge in [0.25, 0.3) is 0 Å². The van der Waals surface area contributed by atoms with E-state index in [0.717, 1.165) is 31.4 Å². The fourth-order valence-corrected chi connectivity index (χ4v) is 4.58. The maximum atomic E-state index is 12.9. The lowest BCUT2D eigenvalue weighted by Gasteiger charge is -2.37. The van der Waals surface area contributed by atoms with Gasteiger partial charge in [-0.1, -0.05) is 6.42 Å². The Morgan fingerprint density at radius 2 is 1.89 bits per heavy atom. The number of carbonyl (C=O) groups excluding carboxylic acids is 1. The van der Waals surface area contributed by atoms with E-state index in [1.54, 1.807) is 0 Å². The van der Waals surface area contributed by atoms with E-state index in [1.165, 1.54) is 12.1 Å². The van der Waals surface area contributed by atoms with Crippen molar-refractivity contribution in [1.29, 1.82) is 0 Å². The maximum Gasteiger partial charge on any atom is 0.240 e. The summed E-state index contributed by atoms with van der Waals surface area (Å²) in [6, 6.07) is 4.41. The van der Waals surface area contributed by atoms with Crippen LogP contribution in [0, 0.1) is 11.7 Å². The van der Waals surface area contributed by atoms with Crippen LogP contribution >= 0.6 is 0 Å². The largest absolute Gasteiger partial charge is 0.394 e. The van der Waals surface area contributed by atoms with E-state index in [2.05, 4.69) is 10.0 Å². The smallest absolute Gasteiger partial charge is 0.240 e. The van der Waals surface area contributed by atoms with Gasteiger partial charge in [0.15, 0.2) is 0 Å². The number of rotatable bonds is 8. The molecule has 28 heavy (non-hydrogen) atoms. The standard InChI is InChI=1S/C19H27FN2O5S/c20-14-4-7-16(8-5-14)28(25,26)21-11-10-15-6-9-17(18(12-23)27-15)22-19(24)13-2-1-3-13/h4-5,7-8,13,15,17-18,21,23H,1-3,6,9-12H2,(H,22,24)/t15-,17+,18+/m1/s1. The fraction of sp³-hybridized carbons (Fsp3) is 0.632. The van der Waals surface area contributed by atoms with Gasteiger partial charge in [0.05, 0.1) is 23.6 Å². The summed E-state index contributed by atoms with van der Waals surface area (Å²) in [5.41, 5.74) is 0. The van der Waals surface area contributed by atoms with Crippen molar-refractivity contribution < 1.29 is 27.4 Å². The van der Waals surface area contributed by atoms with Crippen LogP contribution in [0.5, 0.6) is 0 Å². The van der Waals surface area contributed by atoms with Crippen molar-refractivity contribution in [2.24, 2.45) is 5.92 Å². The highest BCUT2D eigenvalue weighted by Crippen LogP contribution is 2.28. The van der Waals surface area contributed by atoms with Crippen molar-refractivity contribution in [2.45, 2.75) is 61.7 Å². The zero-order valence-corrected chi connectivity index (χ0v) is 16.5. The van der Waals surface area contributed by atoms with Crippen molar-refractivity contribution >= 4 is 15.9 Å². The van der Waals surface area contributed by atoms with Crippen molar-refractivity contribution in [3.63, 3.8) is 0 Å². The van der Waals surface area contributed by atoms with E-state index in [4.69, 9.17) is 4.74 Å². The summed E-state index contributed by atoms with van der Waals surface area (Å²) in [6.45, 7) is -0.0327. The molecule has 1 saturated heterocycles. The molecule has 1 aromatic rings. The first kappa shape index (κ1) is 21.2. The first-order valence-corrected chi connectivity index (χ1v) is 11.2. The van der Waals surface area contributed by atoms with Crippen LogP contribution in [0.2, 0.25) is 0 Å². The number of sulfonamides is 1. The average Bonchev–Trinajstić information content (AvgIpc) is 2.61. The van der Waals surface area contributed by atoms with Crippen molar-refractivity contribution in [3.8, 4) is 0 Å². The summed E-state index contributed by atoms with van der Waals surface area (Å²) < 4.78 is 45.7. The Morgan fingerprint density at radius 1 is 1.18 bits per heavy atom. The highest BCUT2D eigenvalue weighted by Gasteiger charge is 2.34. The third-order valence-corrected chi connectivity index (χ3v) is 6.96. The lowest BCUT2D eigenvalue weighted by molar-refractivity contribution is -0.134. The molecule has 1 aliphatic carbocycles. The van der Waals surface area contributed by atoms with Crippen LogP contribution in [0.3, 0.4) is 0 Å². The molecule has 7 nitrogen and oxygen atoms in total. The molecule has 3 rings (SSSR count). The second kappa shape index (κ2) is 9.30. The van der Waals surface area contributed by atoms with E-state index in [-0.39, 0.29) is 42.0 Å². The van der Waals surface area contributed by atoms with E-state index in [0.29, 0.717) is 19.3 Å². The zero-order valence-electron chi connectivity index (χ0n) is 15.6. The number of halogens is 1. The van der Waals surface area contributed by atoms with Gasteiger partial charge in [-0.2, -0.15) is 0 Å². The first-order chi connectivity index (χ1) is 13.4. The Labute approximate surface area is 164 Å². The highest BCUT2D eigenvalue weighted by atomic mass is 32.2. The molecule has 1 aromatic carbocycles. The van der Waals surface area contributed by atoms with Gasteiger partial charge in [-0.15, -0.1) is 0 Å². The molecule has 0 spiro atoms. The Kier molecular flexibility index (Phi) is 7.03. The molecule has 1 amide bonds. The number of hydrogen-bond acceptors (Lipinski definition) is 5. The number of aliphatic hydroxyl groups excluding tert-OH is 1. The zero-order chi connectivity index (χ0) is 20.1. The minimum absolute atomic E-state index is 0.00506. The topological polar surface area (TPSA) is 105 Å². The van der Waals surface area contributed by atoms with Crippen molar-refractivity contribution in [1.82, 2.24) is 10.0 Å². The van der Waals surface area contributed by atoms with Crippen molar-refractivity contribution in [2.75, 3.05) is 13.2 Å². The molecular formula is C19H27FN2O5S. The average molecular weight is 414 g/mol. The van der Waals surface area contributed by atoms with Crippen LogP contribution in [0.15, 0.2) is 29.2 Å². The molecule has 9 heteroatoms. The Bertz CT molecular complexity index is 767. The lowest BCUT2D eigenvalue weighted by atomic mass is 9.84. The van der Waals surface area contributed by atoms with Gasteiger partial charge in [-0.05, 0) is 56.4 Å². The number of ether oxygens (including phenoxy) is 1. The summed E-state index contributed by atoms with van der Waals surface area (Å²) >= 11 is 0. The van der Waals surface area contributed by atoms with Gasteiger partial charge in [0.1, 0.15) is 11.9 Å². The number of aliphatic hydroxyl groups is 1. The molecule has 2 fully saturated rings. The van der Waals surface area contributed by atoms with Gasteiger partial charge >= 0.3 is 0 Å². The predicted octanol–water partition coefficient (Wildman–Crippen LogP) is 1.32. The SMILES string of the molecule is O=C(N[C@H]1CC[C@H](CCNS(=O)(=O)c2ccc(F)cc2)O[C@H]1CO)C1CCC1. The molecule has 1 heterocycles. The maximum absolute atomic E-state index is 12.9. The summed E-state index contributed by atoms with van der Waals surface area (Å²) in [5, 5.41) is 12.6. The van der Waals surface area contributed by atoms with Gasteiger partial charge in [-0.25, -0.2) is 17.5 Å².